The second kappa shape index (κ2) is 13.8. The molecule has 142 valence electrons. The molecule has 1 aliphatic heterocycles. The standard InChI is InChI=1S/C19H36O5/c1-2-3-4-5-6-7-8-9-10-11-12-13-23-19-16(21)15-24-17(14-20)18(19)22/h8-9,16-22H,2-7,10-15H2,1H3/b9-8+/t16-,17+,18+,19+/m1/s1. The van der Waals surface area contributed by atoms with E-state index in [1.165, 1.54) is 38.5 Å². The van der Waals surface area contributed by atoms with Crippen molar-refractivity contribution in [2.45, 2.75) is 89.1 Å². The Morgan fingerprint density at radius 2 is 1.67 bits per heavy atom. The zero-order chi connectivity index (χ0) is 17.6. The van der Waals surface area contributed by atoms with Gasteiger partial charge in [0.1, 0.15) is 24.4 Å². The smallest absolute Gasteiger partial charge is 0.114 e. The highest BCUT2D eigenvalue weighted by Gasteiger charge is 2.38. The summed E-state index contributed by atoms with van der Waals surface area (Å²) in [5, 5.41) is 28.9. The fraction of sp³-hybridized carbons (Fsp3) is 0.895. The van der Waals surface area contributed by atoms with Gasteiger partial charge in [-0.25, -0.2) is 0 Å². The van der Waals surface area contributed by atoms with E-state index in [4.69, 9.17) is 14.6 Å². The lowest BCUT2D eigenvalue weighted by Gasteiger charge is -2.37. The Balaban J connectivity index is 2.01. The SMILES string of the molecule is CCCCCCC/C=C/CCCCO[C@@H]1[C@@H](O)[C@H](CO)OC[C@H]1O. The van der Waals surface area contributed by atoms with Crippen LogP contribution in [-0.2, 0) is 9.47 Å². The van der Waals surface area contributed by atoms with Crippen LogP contribution >= 0.6 is 0 Å². The number of hydrogen-bond donors (Lipinski definition) is 3. The predicted molar refractivity (Wildman–Crippen MR) is 94.9 cm³/mol. The molecule has 0 aromatic heterocycles. The highest BCUT2D eigenvalue weighted by atomic mass is 16.6. The fourth-order valence-electron chi connectivity index (χ4n) is 2.91. The van der Waals surface area contributed by atoms with Gasteiger partial charge in [0.15, 0.2) is 0 Å². The summed E-state index contributed by atoms with van der Waals surface area (Å²) in [6, 6.07) is 0. The van der Waals surface area contributed by atoms with Crippen LogP contribution in [0.4, 0.5) is 0 Å². The normalized spacial score (nSPS) is 27.8. The van der Waals surface area contributed by atoms with E-state index < -0.39 is 24.4 Å². The molecular weight excluding hydrogens is 308 g/mol. The van der Waals surface area contributed by atoms with Gasteiger partial charge in [0.05, 0.1) is 13.2 Å². The molecule has 0 spiro atoms. The number of hydrogen-bond acceptors (Lipinski definition) is 5. The number of aliphatic hydroxyl groups is 3. The van der Waals surface area contributed by atoms with Crippen LogP contribution in [-0.4, -0.2) is 59.6 Å². The van der Waals surface area contributed by atoms with E-state index in [0.717, 1.165) is 19.3 Å². The van der Waals surface area contributed by atoms with Crippen molar-refractivity contribution >= 4 is 0 Å². The molecule has 0 radical (unpaired) electrons. The molecular formula is C19H36O5. The van der Waals surface area contributed by atoms with Gasteiger partial charge in [-0.2, -0.15) is 0 Å². The van der Waals surface area contributed by atoms with Gasteiger partial charge >= 0.3 is 0 Å². The molecule has 1 rings (SSSR count). The summed E-state index contributed by atoms with van der Waals surface area (Å²) in [4.78, 5) is 0. The Morgan fingerprint density at radius 3 is 2.33 bits per heavy atom. The minimum atomic E-state index is -0.980. The van der Waals surface area contributed by atoms with Crippen molar-refractivity contribution in [2.75, 3.05) is 19.8 Å². The van der Waals surface area contributed by atoms with Gasteiger partial charge in [0.25, 0.3) is 0 Å². The second-order valence-corrected chi connectivity index (χ2v) is 6.62. The van der Waals surface area contributed by atoms with E-state index in [9.17, 15) is 10.2 Å². The molecule has 3 N–H and O–H groups in total. The van der Waals surface area contributed by atoms with Crippen molar-refractivity contribution in [1.82, 2.24) is 0 Å². The molecule has 1 heterocycles. The van der Waals surface area contributed by atoms with Gasteiger partial charge in [0, 0.05) is 6.61 Å². The number of unbranched alkanes of at least 4 members (excludes halogenated alkanes) is 7. The van der Waals surface area contributed by atoms with E-state index in [-0.39, 0.29) is 13.2 Å². The third-order valence-electron chi connectivity index (χ3n) is 4.47. The van der Waals surface area contributed by atoms with Crippen LogP contribution in [0.15, 0.2) is 12.2 Å². The average molecular weight is 344 g/mol. The zero-order valence-electron chi connectivity index (χ0n) is 15.1. The van der Waals surface area contributed by atoms with Crippen LogP contribution in [0.25, 0.3) is 0 Å². The topological polar surface area (TPSA) is 79.2 Å². The number of aliphatic hydroxyl groups excluding tert-OH is 3. The molecule has 0 amide bonds. The number of rotatable bonds is 13. The van der Waals surface area contributed by atoms with E-state index >= 15 is 0 Å². The first-order valence-electron chi connectivity index (χ1n) is 9.55. The summed E-state index contributed by atoms with van der Waals surface area (Å²) in [6.45, 7) is 2.56. The molecule has 0 aromatic carbocycles. The van der Waals surface area contributed by atoms with Crippen molar-refractivity contribution in [3.63, 3.8) is 0 Å². The van der Waals surface area contributed by atoms with Gasteiger partial charge in [0.2, 0.25) is 0 Å². The third kappa shape index (κ3) is 8.58. The molecule has 1 aliphatic rings. The molecule has 24 heavy (non-hydrogen) atoms. The van der Waals surface area contributed by atoms with Gasteiger partial charge in [-0.05, 0) is 32.1 Å². The summed E-state index contributed by atoms with van der Waals surface area (Å²) in [7, 11) is 0. The van der Waals surface area contributed by atoms with E-state index in [1.807, 2.05) is 0 Å². The van der Waals surface area contributed by atoms with Crippen LogP contribution in [0.3, 0.4) is 0 Å². The fourth-order valence-corrected chi connectivity index (χ4v) is 2.91. The lowest BCUT2D eigenvalue weighted by atomic mass is 10.0. The quantitative estimate of drug-likeness (QED) is 0.353. The molecule has 0 aromatic rings. The molecule has 0 unspecified atom stereocenters. The van der Waals surface area contributed by atoms with Crippen molar-refractivity contribution in [1.29, 1.82) is 0 Å². The van der Waals surface area contributed by atoms with Crippen LogP contribution in [0.2, 0.25) is 0 Å². The molecule has 5 nitrogen and oxygen atoms in total. The molecule has 1 fully saturated rings. The highest BCUT2D eigenvalue weighted by Crippen LogP contribution is 2.18. The molecule has 4 atom stereocenters. The minimum Gasteiger partial charge on any atom is -0.394 e. The summed E-state index contributed by atoms with van der Waals surface area (Å²) in [5.41, 5.74) is 0. The molecule has 5 heteroatoms. The van der Waals surface area contributed by atoms with E-state index in [0.29, 0.717) is 6.61 Å². The molecule has 0 aliphatic carbocycles. The lowest BCUT2D eigenvalue weighted by molar-refractivity contribution is -0.210. The largest absolute Gasteiger partial charge is 0.394 e. The Bertz CT molecular complexity index is 321. The first-order valence-corrected chi connectivity index (χ1v) is 9.55. The third-order valence-corrected chi connectivity index (χ3v) is 4.47. The van der Waals surface area contributed by atoms with Crippen LogP contribution in [0, 0.1) is 0 Å². The van der Waals surface area contributed by atoms with Gasteiger partial charge < -0.3 is 24.8 Å². The summed E-state index contributed by atoms with van der Waals surface area (Å²) < 4.78 is 10.8. The molecule has 1 saturated heterocycles. The van der Waals surface area contributed by atoms with Crippen LogP contribution in [0.1, 0.15) is 64.7 Å². The predicted octanol–water partition coefficient (Wildman–Crippen LogP) is 2.57. The van der Waals surface area contributed by atoms with Crippen LogP contribution in [0.5, 0.6) is 0 Å². The Hall–Kier alpha value is -0.460. The minimum absolute atomic E-state index is 0.0912. The zero-order valence-corrected chi connectivity index (χ0v) is 15.1. The van der Waals surface area contributed by atoms with Crippen LogP contribution < -0.4 is 0 Å². The van der Waals surface area contributed by atoms with E-state index in [2.05, 4.69) is 19.1 Å². The van der Waals surface area contributed by atoms with Gasteiger partial charge in [-0.15, -0.1) is 0 Å². The second-order valence-electron chi connectivity index (χ2n) is 6.62. The Morgan fingerprint density at radius 1 is 1.00 bits per heavy atom. The lowest BCUT2D eigenvalue weighted by Crippen LogP contribution is -2.55. The maximum atomic E-state index is 10.00. The van der Waals surface area contributed by atoms with Gasteiger partial charge in [-0.3, -0.25) is 0 Å². The molecule has 0 saturated carbocycles. The first kappa shape index (κ1) is 21.6. The highest BCUT2D eigenvalue weighted by molar-refractivity contribution is 4.87. The van der Waals surface area contributed by atoms with Crippen molar-refractivity contribution in [2.24, 2.45) is 0 Å². The van der Waals surface area contributed by atoms with Crippen molar-refractivity contribution < 1.29 is 24.8 Å². The van der Waals surface area contributed by atoms with Gasteiger partial charge in [-0.1, -0.05) is 44.8 Å². The maximum Gasteiger partial charge on any atom is 0.114 e. The van der Waals surface area contributed by atoms with Crippen molar-refractivity contribution in [3.05, 3.63) is 12.2 Å². The van der Waals surface area contributed by atoms with E-state index in [1.54, 1.807) is 0 Å². The Labute approximate surface area is 146 Å². The number of allylic oxidation sites excluding steroid dienone is 2. The van der Waals surface area contributed by atoms with Crippen molar-refractivity contribution in [3.8, 4) is 0 Å². The summed E-state index contributed by atoms with van der Waals surface area (Å²) in [5.74, 6) is 0. The monoisotopic (exact) mass is 344 g/mol. The summed E-state index contributed by atoms with van der Waals surface area (Å²) in [6.07, 6.45) is 12.1. The first-order chi connectivity index (χ1) is 11.7. The average Bonchev–Trinajstić information content (AvgIpc) is 2.58. The number of ether oxygens (including phenoxy) is 2. The maximum absolute atomic E-state index is 10.00. The Kier molecular flexibility index (Phi) is 12.4. The molecule has 0 bridgehead atoms. The summed E-state index contributed by atoms with van der Waals surface area (Å²) >= 11 is 0.